The number of hydrogen-bond acceptors (Lipinski definition) is 6. The standard InChI is InChI=1S/C14H24N6O2S2.HI/c1-24(21,22)20-4-2-12(11-20)10-17-13(15)18-5-7-19(8-6-18)14-16-3-9-23-14;/h3,9,12H,2,4-8,10-11H2,1H3,(H2,15,17);1H. The van der Waals surface area contributed by atoms with Crippen LogP contribution in [0.2, 0.25) is 0 Å². The van der Waals surface area contributed by atoms with Gasteiger partial charge in [-0.15, -0.1) is 35.3 Å². The molecule has 0 aliphatic carbocycles. The van der Waals surface area contributed by atoms with Gasteiger partial charge in [0.05, 0.1) is 6.26 Å². The molecular formula is C14H25IN6O2S2. The molecule has 11 heteroatoms. The van der Waals surface area contributed by atoms with Crippen LogP contribution in [-0.4, -0.2) is 80.6 Å². The number of hydrogen-bond donors (Lipinski definition) is 1. The van der Waals surface area contributed by atoms with E-state index in [2.05, 4.69) is 19.8 Å². The molecule has 3 rings (SSSR count). The summed E-state index contributed by atoms with van der Waals surface area (Å²) < 4.78 is 24.6. The third-order valence-corrected chi connectivity index (χ3v) is 6.62. The van der Waals surface area contributed by atoms with E-state index >= 15 is 0 Å². The van der Waals surface area contributed by atoms with Gasteiger partial charge in [-0.2, -0.15) is 0 Å². The predicted molar refractivity (Wildman–Crippen MR) is 112 cm³/mol. The van der Waals surface area contributed by atoms with Gasteiger partial charge in [0.25, 0.3) is 0 Å². The molecule has 0 bridgehead atoms. The molecule has 2 saturated heterocycles. The van der Waals surface area contributed by atoms with Crippen LogP contribution < -0.4 is 10.6 Å². The van der Waals surface area contributed by atoms with E-state index in [1.807, 2.05) is 11.6 Å². The molecule has 0 saturated carbocycles. The van der Waals surface area contributed by atoms with Crippen molar-refractivity contribution in [2.45, 2.75) is 6.42 Å². The summed E-state index contributed by atoms with van der Waals surface area (Å²) in [5, 5.41) is 3.04. The van der Waals surface area contributed by atoms with Crippen molar-refractivity contribution in [2.75, 3.05) is 57.0 Å². The van der Waals surface area contributed by atoms with Crippen molar-refractivity contribution in [2.24, 2.45) is 16.6 Å². The van der Waals surface area contributed by atoms with E-state index in [0.29, 0.717) is 25.6 Å². The lowest BCUT2D eigenvalue weighted by Gasteiger charge is -2.35. The average molecular weight is 500 g/mol. The zero-order valence-corrected chi connectivity index (χ0v) is 18.2. The quantitative estimate of drug-likeness (QED) is 0.367. The van der Waals surface area contributed by atoms with Crippen molar-refractivity contribution in [1.29, 1.82) is 0 Å². The third kappa shape index (κ3) is 5.41. The van der Waals surface area contributed by atoms with Gasteiger partial charge in [0.2, 0.25) is 10.0 Å². The normalized spacial score (nSPS) is 22.9. The molecule has 1 aromatic heterocycles. The number of nitrogens with two attached hydrogens (primary N) is 1. The highest BCUT2D eigenvalue weighted by Crippen LogP contribution is 2.20. The molecule has 2 fully saturated rings. The number of thiazole rings is 1. The van der Waals surface area contributed by atoms with Gasteiger partial charge in [0.15, 0.2) is 11.1 Å². The van der Waals surface area contributed by atoms with E-state index in [9.17, 15) is 8.42 Å². The highest BCUT2D eigenvalue weighted by Gasteiger charge is 2.28. The second-order valence-corrected chi connectivity index (χ2v) is 9.12. The van der Waals surface area contributed by atoms with E-state index in [1.54, 1.807) is 11.3 Å². The van der Waals surface area contributed by atoms with Crippen LogP contribution in [0.25, 0.3) is 0 Å². The molecule has 8 nitrogen and oxygen atoms in total. The minimum Gasteiger partial charge on any atom is -0.370 e. The van der Waals surface area contributed by atoms with Crippen molar-refractivity contribution in [3.05, 3.63) is 11.6 Å². The summed E-state index contributed by atoms with van der Waals surface area (Å²) in [5.74, 6) is 0.821. The van der Waals surface area contributed by atoms with Gasteiger partial charge in [-0.25, -0.2) is 17.7 Å². The third-order valence-electron chi connectivity index (χ3n) is 4.52. The van der Waals surface area contributed by atoms with Crippen molar-refractivity contribution < 1.29 is 8.42 Å². The highest BCUT2D eigenvalue weighted by atomic mass is 127. The highest BCUT2D eigenvalue weighted by molar-refractivity contribution is 14.0. The van der Waals surface area contributed by atoms with Crippen LogP contribution in [0.3, 0.4) is 0 Å². The number of guanidine groups is 1. The van der Waals surface area contributed by atoms with E-state index < -0.39 is 10.0 Å². The van der Waals surface area contributed by atoms with Crippen LogP contribution in [-0.2, 0) is 10.0 Å². The van der Waals surface area contributed by atoms with Gasteiger partial charge in [-0.1, -0.05) is 0 Å². The van der Waals surface area contributed by atoms with E-state index in [-0.39, 0.29) is 29.9 Å². The maximum absolute atomic E-state index is 11.5. The number of halogens is 1. The Kier molecular flexibility index (Phi) is 7.29. The zero-order valence-electron chi connectivity index (χ0n) is 14.2. The number of piperazine rings is 1. The molecule has 0 amide bonds. The van der Waals surface area contributed by atoms with Gasteiger partial charge in [-0.05, 0) is 12.3 Å². The Labute approximate surface area is 170 Å². The summed E-state index contributed by atoms with van der Waals surface area (Å²) in [6.07, 6.45) is 3.93. The first-order valence-electron chi connectivity index (χ1n) is 8.08. The maximum Gasteiger partial charge on any atom is 0.211 e. The van der Waals surface area contributed by atoms with Crippen LogP contribution in [0.1, 0.15) is 6.42 Å². The largest absolute Gasteiger partial charge is 0.370 e. The fourth-order valence-electron chi connectivity index (χ4n) is 3.07. The molecule has 1 aromatic rings. The first-order valence-corrected chi connectivity index (χ1v) is 10.8. The molecule has 0 spiro atoms. The van der Waals surface area contributed by atoms with Crippen LogP contribution in [0.5, 0.6) is 0 Å². The predicted octanol–water partition coefficient (Wildman–Crippen LogP) is 0.479. The van der Waals surface area contributed by atoms with Crippen molar-refractivity contribution >= 4 is 56.4 Å². The number of aromatic nitrogens is 1. The molecule has 142 valence electrons. The van der Waals surface area contributed by atoms with Crippen molar-refractivity contribution in [3.8, 4) is 0 Å². The zero-order chi connectivity index (χ0) is 17.2. The summed E-state index contributed by atoms with van der Waals surface area (Å²) >= 11 is 1.65. The number of rotatable bonds is 4. The average Bonchev–Trinajstić information content (AvgIpc) is 3.23. The maximum atomic E-state index is 11.5. The number of anilines is 1. The lowest BCUT2D eigenvalue weighted by atomic mass is 10.1. The molecule has 25 heavy (non-hydrogen) atoms. The molecule has 0 radical (unpaired) electrons. The fraction of sp³-hybridized carbons (Fsp3) is 0.714. The molecule has 1 unspecified atom stereocenters. The van der Waals surface area contributed by atoms with E-state index in [4.69, 9.17) is 5.73 Å². The van der Waals surface area contributed by atoms with Gasteiger partial charge in [0, 0.05) is 57.4 Å². The van der Waals surface area contributed by atoms with Crippen LogP contribution >= 0.6 is 35.3 Å². The Balaban J connectivity index is 0.00000225. The smallest absolute Gasteiger partial charge is 0.211 e. The summed E-state index contributed by atoms with van der Waals surface area (Å²) in [4.78, 5) is 13.2. The molecule has 3 heterocycles. The Morgan fingerprint density at radius 3 is 2.64 bits per heavy atom. The first kappa shape index (κ1) is 20.6. The Morgan fingerprint density at radius 2 is 2.08 bits per heavy atom. The SMILES string of the molecule is CS(=O)(=O)N1CCC(CN=C(N)N2CCN(c3nccs3)CC2)C1.I. The minimum absolute atomic E-state index is 0. The Morgan fingerprint density at radius 1 is 1.36 bits per heavy atom. The van der Waals surface area contributed by atoms with Gasteiger partial charge in [0.1, 0.15) is 0 Å². The Bertz CT molecular complexity index is 674. The van der Waals surface area contributed by atoms with Gasteiger partial charge in [-0.3, -0.25) is 4.99 Å². The lowest BCUT2D eigenvalue weighted by molar-refractivity contribution is 0.379. The molecule has 0 aromatic carbocycles. The Hall–Kier alpha value is -0.660. The monoisotopic (exact) mass is 500 g/mol. The number of sulfonamides is 1. The van der Waals surface area contributed by atoms with Crippen LogP contribution in [0.15, 0.2) is 16.6 Å². The second kappa shape index (κ2) is 8.82. The fourth-order valence-corrected chi connectivity index (χ4v) is 4.68. The van der Waals surface area contributed by atoms with Crippen molar-refractivity contribution in [3.63, 3.8) is 0 Å². The van der Waals surface area contributed by atoms with E-state index in [1.165, 1.54) is 10.6 Å². The number of aliphatic imine (C=N–C) groups is 1. The summed E-state index contributed by atoms with van der Waals surface area (Å²) in [6.45, 7) is 5.15. The summed E-state index contributed by atoms with van der Waals surface area (Å²) in [5.41, 5.74) is 6.12. The topological polar surface area (TPSA) is 95.1 Å². The second-order valence-electron chi connectivity index (χ2n) is 6.26. The summed E-state index contributed by atoms with van der Waals surface area (Å²) in [6, 6.07) is 0. The van der Waals surface area contributed by atoms with E-state index in [0.717, 1.165) is 37.7 Å². The molecular weight excluding hydrogens is 475 g/mol. The number of nitrogens with zero attached hydrogens (tertiary/aromatic N) is 5. The van der Waals surface area contributed by atoms with Gasteiger partial charge >= 0.3 is 0 Å². The first-order chi connectivity index (χ1) is 11.4. The molecule has 1 atom stereocenters. The summed E-state index contributed by atoms with van der Waals surface area (Å²) in [7, 11) is -3.09. The molecule has 2 aliphatic rings. The van der Waals surface area contributed by atoms with Crippen LogP contribution in [0, 0.1) is 5.92 Å². The van der Waals surface area contributed by atoms with Crippen LogP contribution in [0.4, 0.5) is 5.13 Å². The molecule has 2 aliphatic heterocycles. The molecule has 2 N–H and O–H groups in total. The van der Waals surface area contributed by atoms with Gasteiger partial charge < -0.3 is 15.5 Å². The van der Waals surface area contributed by atoms with Crippen molar-refractivity contribution in [1.82, 2.24) is 14.2 Å². The lowest BCUT2D eigenvalue weighted by Crippen LogP contribution is -2.51. The minimum atomic E-state index is -3.09.